The van der Waals surface area contributed by atoms with E-state index in [1.165, 1.54) is 14.2 Å². The molecular weight excluding hydrogens is 879 g/mol. The van der Waals surface area contributed by atoms with Gasteiger partial charge in [0.25, 0.3) is 11.8 Å². The summed E-state index contributed by atoms with van der Waals surface area (Å²) < 4.78 is 24.4. The fourth-order valence-electron chi connectivity index (χ4n) is 9.34. The van der Waals surface area contributed by atoms with Crippen LogP contribution in [0, 0.1) is 0 Å². The van der Waals surface area contributed by atoms with Crippen molar-refractivity contribution in [3.05, 3.63) is 124 Å². The van der Waals surface area contributed by atoms with Crippen LogP contribution in [0.1, 0.15) is 82.5 Å². The van der Waals surface area contributed by atoms with Gasteiger partial charge in [0, 0.05) is 54.8 Å². The third-order valence-corrected chi connectivity index (χ3v) is 12.8. The number of unbranched alkanes of at least 4 members (excludes halogenated alkanes) is 2. The van der Waals surface area contributed by atoms with E-state index in [0.29, 0.717) is 81.7 Å². The number of nitrogens with zero attached hydrogens (tertiary/aromatic N) is 3. The van der Waals surface area contributed by atoms with Crippen LogP contribution in [0.2, 0.25) is 0 Å². The monoisotopic (exact) mass is 933 g/mol. The molecule has 69 heavy (non-hydrogen) atoms. The zero-order valence-corrected chi connectivity index (χ0v) is 39.1. The van der Waals surface area contributed by atoms with Crippen molar-refractivity contribution in [3.8, 4) is 23.0 Å². The number of hydrogen-bond acceptors (Lipinski definition) is 11. The smallest absolute Gasteiger partial charge is 0.261 e. The Kier molecular flexibility index (Phi) is 13.5. The zero-order valence-electron chi connectivity index (χ0n) is 39.1. The lowest BCUT2D eigenvalue weighted by atomic mass is 10.1. The molecule has 5 amide bonds. The summed E-state index contributed by atoms with van der Waals surface area (Å²) in [5.74, 6) is -0.0781. The maximum Gasteiger partial charge on any atom is 0.261 e. The first-order valence-corrected chi connectivity index (χ1v) is 23.3. The average molecular weight is 934 g/mol. The molecule has 0 fully saturated rings. The highest BCUT2D eigenvalue weighted by atomic mass is 16.5. The van der Waals surface area contributed by atoms with E-state index in [2.05, 4.69) is 27.3 Å². The SMILES string of the molecule is CCCCCC(=O)NCC(=O)NC(C)C(=O)Nc1cc(COc2cc3c(cc2OC)C(=O)N2c4ccccc4C[C@H]2C=N3)cc(COc2cc3c(cc2OC)C(=O)N2c4ccccc4C[C@H]2CN3)c1. The van der Waals surface area contributed by atoms with Crippen LogP contribution in [0.15, 0.2) is 96.0 Å². The summed E-state index contributed by atoms with van der Waals surface area (Å²) >= 11 is 0. The molecule has 0 saturated carbocycles. The van der Waals surface area contributed by atoms with Crippen LogP contribution in [0.4, 0.5) is 28.4 Å². The van der Waals surface area contributed by atoms with Crippen LogP contribution in [0.3, 0.4) is 0 Å². The van der Waals surface area contributed by atoms with E-state index in [4.69, 9.17) is 23.9 Å². The van der Waals surface area contributed by atoms with Crippen LogP contribution < -0.4 is 50.0 Å². The molecule has 0 radical (unpaired) electrons. The third kappa shape index (κ3) is 9.78. The Bertz CT molecular complexity index is 2860. The summed E-state index contributed by atoms with van der Waals surface area (Å²) in [6.45, 7) is 3.92. The van der Waals surface area contributed by atoms with Crippen LogP contribution in [0.5, 0.6) is 23.0 Å². The predicted molar refractivity (Wildman–Crippen MR) is 263 cm³/mol. The van der Waals surface area contributed by atoms with Crippen molar-refractivity contribution in [1.29, 1.82) is 0 Å². The van der Waals surface area contributed by atoms with E-state index in [-0.39, 0.29) is 49.6 Å². The van der Waals surface area contributed by atoms with E-state index in [1.807, 2.05) is 60.4 Å². The first-order valence-electron chi connectivity index (χ1n) is 23.3. The van der Waals surface area contributed by atoms with Gasteiger partial charge in [0.05, 0.1) is 55.3 Å². The number of carbonyl (C=O) groups excluding carboxylic acids is 5. The van der Waals surface area contributed by atoms with Gasteiger partial charge in [0.1, 0.15) is 19.3 Å². The highest BCUT2D eigenvalue weighted by Crippen LogP contribution is 2.43. The van der Waals surface area contributed by atoms with Gasteiger partial charge in [-0.1, -0.05) is 56.2 Å². The van der Waals surface area contributed by atoms with Crippen molar-refractivity contribution in [2.75, 3.05) is 47.7 Å². The molecule has 4 aliphatic heterocycles. The Hall–Kier alpha value is -7.88. The zero-order chi connectivity index (χ0) is 48.2. The van der Waals surface area contributed by atoms with E-state index in [9.17, 15) is 24.0 Å². The van der Waals surface area contributed by atoms with Crippen molar-refractivity contribution in [3.63, 3.8) is 0 Å². The van der Waals surface area contributed by atoms with E-state index in [0.717, 1.165) is 48.2 Å². The van der Waals surface area contributed by atoms with Crippen molar-refractivity contribution < 1.29 is 42.9 Å². The molecule has 0 bridgehead atoms. The second-order valence-corrected chi connectivity index (χ2v) is 17.6. The first-order chi connectivity index (χ1) is 33.5. The second kappa shape index (κ2) is 20.1. The minimum absolute atomic E-state index is 0.00484. The molecule has 5 aromatic rings. The molecule has 9 rings (SSSR count). The summed E-state index contributed by atoms with van der Waals surface area (Å²) in [6, 6.07) is 26.7. The highest BCUT2D eigenvalue weighted by Gasteiger charge is 2.39. The average Bonchev–Trinajstić information content (AvgIpc) is 3.85. The largest absolute Gasteiger partial charge is 0.493 e. The molecule has 356 valence electrons. The Morgan fingerprint density at radius 1 is 0.754 bits per heavy atom. The molecule has 0 saturated heterocycles. The van der Waals surface area contributed by atoms with Crippen LogP contribution in [-0.4, -0.2) is 81.2 Å². The number of fused-ring (bicyclic) bond motifs is 8. The lowest BCUT2D eigenvalue weighted by Gasteiger charge is -2.22. The predicted octanol–water partition coefficient (Wildman–Crippen LogP) is 7.29. The number of para-hydroxylation sites is 2. The number of ether oxygens (including phenoxy) is 4. The molecule has 4 N–H and O–H groups in total. The summed E-state index contributed by atoms with van der Waals surface area (Å²) in [6.07, 6.45) is 6.15. The van der Waals surface area contributed by atoms with Gasteiger partial charge in [-0.15, -0.1) is 0 Å². The van der Waals surface area contributed by atoms with Gasteiger partial charge >= 0.3 is 0 Å². The van der Waals surface area contributed by atoms with Crippen molar-refractivity contribution in [2.24, 2.45) is 4.99 Å². The van der Waals surface area contributed by atoms with Crippen molar-refractivity contribution >= 4 is 64.2 Å². The molecule has 0 aliphatic carbocycles. The van der Waals surface area contributed by atoms with Gasteiger partial charge in [-0.3, -0.25) is 33.9 Å². The lowest BCUT2D eigenvalue weighted by Crippen LogP contribution is -2.45. The van der Waals surface area contributed by atoms with Gasteiger partial charge in [0.15, 0.2) is 23.0 Å². The number of nitrogens with one attached hydrogen (secondary N) is 4. The molecule has 3 atom stereocenters. The first kappa shape index (κ1) is 46.2. The summed E-state index contributed by atoms with van der Waals surface area (Å²) in [4.78, 5) is 75.0. The number of amides is 5. The van der Waals surface area contributed by atoms with Crippen molar-refractivity contribution in [2.45, 2.75) is 83.7 Å². The Labute approximate surface area is 400 Å². The number of aliphatic imine (C=N–C) groups is 1. The molecule has 4 aliphatic rings. The van der Waals surface area contributed by atoms with E-state index >= 15 is 0 Å². The molecule has 16 nitrogen and oxygen atoms in total. The fourth-order valence-corrected chi connectivity index (χ4v) is 9.34. The molecule has 1 unspecified atom stereocenters. The second-order valence-electron chi connectivity index (χ2n) is 17.6. The molecule has 0 aromatic heterocycles. The minimum Gasteiger partial charge on any atom is -0.493 e. The summed E-state index contributed by atoms with van der Waals surface area (Å²) in [5.41, 5.74) is 7.58. The highest BCUT2D eigenvalue weighted by molar-refractivity contribution is 6.15. The Balaban J connectivity index is 0.947. The summed E-state index contributed by atoms with van der Waals surface area (Å²) in [7, 11) is 3.02. The molecule has 4 heterocycles. The number of carbonyl (C=O) groups is 5. The fraction of sp³-hybridized carbons (Fsp3) is 0.321. The van der Waals surface area contributed by atoms with Gasteiger partial charge in [0.2, 0.25) is 17.7 Å². The molecule has 16 heteroatoms. The molecular formula is C53H55N7O9. The Morgan fingerprint density at radius 2 is 1.39 bits per heavy atom. The minimum atomic E-state index is -0.950. The number of anilines is 4. The van der Waals surface area contributed by atoms with E-state index < -0.39 is 17.9 Å². The van der Waals surface area contributed by atoms with Gasteiger partial charge in [-0.25, -0.2) is 0 Å². The number of hydrogen-bond donors (Lipinski definition) is 4. The van der Waals surface area contributed by atoms with E-state index in [1.54, 1.807) is 54.4 Å². The van der Waals surface area contributed by atoms with Crippen LogP contribution in [0.25, 0.3) is 0 Å². The van der Waals surface area contributed by atoms with Gasteiger partial charge < -0.3 is 45.1 Å². The van der Waals surface area contributed by atoms with Gasteiger partial charge in [-0.05, 0) is 84.5 Å². The molecule has 0 spiro atoms. The normalized spacial score (nSPS) is 16.5. The quantitative estimate of drug-likeness (QED) is 0.0690. The molecule has 5 aromatic carbocycles. The van der Waals surface area contributed by atoms with Crippen molar-refractivity contribution in [1.82, 2.24) is 10.6 Å². The van der Waals surface area contributed by atoms with Gasteiger partial charge in [-0.2, -0.15) is 0 Å². The number of benzene rings is 5. The number of methoxy groups -OCH3 is 2. The Morgan fingerprint density at radius 3 is 2.09 bits per heavy atom. The number of rotatable bonds is 17. The topological polar surface area (TPSA) is 189 Å². The lowest BCUT2D eigenvalue weighted by molar-refractivity contribution is -0.128. The summed E-state index contributed by atoms with van der Waals surface area (Å²) in [5, 5.41) is 11.6. The maximum absolute atomic E-state index is 14.1. The third-order valence-electron chi connectivity index (χ3n) is 12.8. The maximum atomic E-state index is 14.1. The standard InChI is InChI=1S/C53H55N7O9/c1-5-6-7-16-49(61)56-28-50(62)57-31(2)51(63)58-36-18-32(29-68-47-24-41-39(22-45(47)66-3)52(64)59-37(26-54-41)20-34-12-8-10-14-43(34)59)17-33(19-36)30-69-48-25-42-40(23-46(48)67-4)53(65)60-38(27-55-42)21-35-13-9-11-15-44(35)60/h8-15,17-19,22-26,31,37-38,55H,5-7,16,20-21,27-30H2,1-4H3,(H,56,61)(H,57,62)(H,58,63)/t31?,37-,38-/m0/s1. The van der Waals surface area contributed by atoms with Crippen LogP contribution >= 0.6 is 0 Å². The van der Waals surface area contributed by atoms with Crippen LogP contribution in [-0.2, 0) is 40.4 Å².